The molecule has 1 aromatic heterocycles. The number of anilines is 1. The normalized spacial score (nSPS) is 11.3. The highest BCUT2D eigenvalue weighted by Crippen LogP contribution is 2.08. The van der Waals surface area contributed by atoms with Gasteiger partial charge in [-0.05, 0) is 6.92 Å². The molecule has 0 fully saturated rings. The fourth-order valence-electron chi connectivity index (χ4n) is 1.55. The van der Waals surface area contributed by atoms with Crippen LogP contribution in [0.1, 0.15) is 11.5 Å². The number of nitrogens with one attached hydrogen (secondary N) is 1. The van der Waals surface area contributed by atoms with Crippen LogP contribution in [0.4, 0.5) is 14.6 Å². The number of aliphatic hydroxyl groups excluding tert-OH is 1. The number of aromatic nitrogens is 2. The number of alkyl halides is 2. The van der Waals surface area contributed by atoms with Crippen LogP contribution < -0.4 is 11.3 Å². The van der Waals surface area contributed by atoms with Crippen LogP contribution in [0.5, 0.6) is 0 Å². The lowest BCUT2D eigenvalue weighted by atomic mass is 10.4. The van der Waals surface area contributed by atoms with Gasteiger partial charge in [-0.2, -0.15) is 0 Å². The summed E-state index contributed by atoms with van der Waals surface area (Å²) in [4.78, 5) is 9.59. The molecule has 0 bridgehead atoms. The summed E-state index contributed by atoms with van der Waals surface area (Å²) in [5.74, 6) is 6.06. The molecule has 1 aromatic rings. The summed E-state index contributed by atoms with van der Waals surface area (Å²) in [6, 6.07) is 1.65. The average Bonchev–Trinajstić information content (AvgIpc) is 2.27. The van der Waals surface area contributed by atoms with Crippen molar-refractivity contribution in [3.05, 3.63) is 17.6 Å². The Balaban J connectivity index is 2.75. The van der Waals surface area contributed by atoms with Crippen LogP contribution in [0, 0.1) is 6.92 Å². The van der Waals surface area contributed by atoms with Crippen molar-refractivity contribution in [3.63, 3.8) is 0 Å². The van der Waals surface area contributed by atoms with Crippen molar-refractivity contribution in [1.29, 1.82) is 0 Å². The fourth-order valence-corrected chi connectivity index (χ4v) is 1.55. The smallest absolute Gasteiger partial charge is 0.251 e. The summed E-state index contributed by atoms with van der Waals surface area (Å²) >= 11 is 0. The molecule has 1 heterocycles. The summed E-state index contributed by atoms with van der Waals surface area (Å²) in [6.45, 7) is 1.42. The van der Waals surface area contributed by atoms with Crippen molar-refractivity contribution in [2.45, 2.75) is 19.9 Å². The first-order valence-corrected chi connectivity index (χ1v) is 5.47. The second kappa shape index (κ2) is 7.14. The van der Waals surface area contributed by atoms with Gasteiger partial charge in [0, 0.05) is 18.3 Å². The highest BCUT2D eigenvalue weighted by atomic mass is 19.3. The standard InChI is InChI=1S/C10H17F2N5O/c1-7-4-9(16-13)15-10(14-7)6-17(2-3-18)5-8(11)12/h4,8,18H,2-3,5-6,13H2,1H3,(H,14,15,16). The summed E-state index contributed by atoms with van der Waals surface area (Å²) in [5, 5.41) is 8.82. The molecule has 0 aliphatic rings. The van der Waals surface area contributed by atoms with Crippen molar-refractivity contribution in [1.82, 2.24) is 14.9 Å². The number of rotatable bonds is 7. The van der Waals surface area contributed by atoms with Gasteiger partial charge in [0.25, 0.3) is 6.43 Å². The predicted molar refractivity (Wildman–Crippen MR) is 62.9 cm³/mol. The number of aliphatic hydroxyl groups is 1. The van der Waals surface area contributed by atoms with Crippen LogP contribution in [-0.4, -0.2) is 46.1 Å². The van der Waals surface area contributed by atoms with E-state index in [9.17, 15) is 8.78 Å². The molecule has 18 heavy (non-hydrogen) atoms. The molecule has 4 N–H and O–H groups in total. The third-order valence-electron chi connectivity index (χ3n) is 2.23. The third kappa shape index (κ3) is 4.86. The number of halogens is 2. The molecule has 0 aliphatic heterocycles. The topological polar surface area (TPSA) is 87.3 Å². The molecule has 0 unspecified atom stereocenters. The number of nitrogens with zero attached hydrogens (tertiary/aromatic N) is 3. The number of aryl methyl sites for hydroxylation is 1. The van der Waals surface area contributed by atoms with Gasteiger partial charge in [0.1, 0.15) is 11.6 Å². The molecule has 0 saturated heterocycles. The maximum atomic E-state index is 12.3. The minimum atomic E-state index is -2.46. The van der Waals surface area contributed by atoms with E-state index in [0.717, 1.165) is 0 Å². The van der Waals surface area contributed by atoms with Crippen molar-refractivity contribution < 1.29 is 13.9 Å². The summed E-state index contributed by atoms with van der Waals surface area (Å²) in [7, 11) is 0. The van der Waals surface area contributed by atoms with Crippen LogP contribution in [0.25, 0.3) is 0 Å². The van der Waals surface area contributed by atoms with Gasteiger partial charge in [0.15, 0.2) is 0 Å². The van der Waals surface area contributed by atoms with Crippen LogP contribution in [-0.2, 0) is 6.54 Å². The lowest BCUT2D eigenvalue weighted by Crippen LogP contribution is -2.32. The number of nitrogens with two attached hydrogens (primary N) is 1. The average molecular weight is 261 g/mol. The zero-order valence-electron chi connectivity index (χ0n) is 10.1. The Bertz CT molecular complexity index is 377. The lowest BCUT2D eigenvalue weighted by molar-refractivity contribution is 0.0734. The van der Waals surface area contributed by atoms with Gasteiger partial charge in [-0.1, -0.05) is 0 Å². The number of hydrogen-bond donors (Lipinski definition) is 3. The molecule has 0 radical (unpaired) electrons. The van der Waals surface area contributed by atoms with Crippen molar-refractivity contribution >= 4 is 5.82 Å². The van der Waals surface area contributed by atoms with Crippen molar-refractivity contribution in [2.75, 3.05) is 25.1 Å². The summed E-state index contributed by atoms with van der Waals surface area (Å²) < 4.78 is 24.7. The highest BCUT2D eigenvalue weighted by Gasteiger charge is 2.14. The second-order valence-electron chi connectivity index (χ2n) is 3.80. The number of hydrogen-bond acceptors (Lipinski definition) is 6. The lowest BCUT2D eigenvalue weighted by Gasteiger charge is -2.20. The Kier molecular flexibility index (Phi) is 5.83. The molecule has 0 aromatic carbocycles. The molecular weight excluding hydrogens is 244 g/mol. The summed E-state index contributed by atoms with van der Waals surface area (Å²) in [5.41, 5.74) is 3.08. The van der Waals surface area contributed by atoms with Crippen LogP contribution in [0.3, 0.4) is 0 Å². The largest absolute Gasteiger partial charge is 0.395 e. The molecular formula is C10H17F2N5O. The molecule has 8 heteroatoms. The van der Waals surface area contributed by atoms with E-state index in [1.165, 1.54) is 4.90 Å². The zero-order chi connectivity index (χ0) is 13.5. The SMILES string of the molecule is Cc1cc(NN)nc(CN(CCO)CC(F)F)n1. The van der Waals surface area contributed by atoms with Crippen molar-refractivity contribution in [3.8, 4) is 0 Å². The number of nitrogen functional groups attached to an aromatic ring is 1. The Morgan fingerprint density at radius 1 is 1.50 bits per heavy atom. The molecule has 0 aliphatic carbocycles. The molecule has 102 valence electrons. The van der Waals surface area contributed by atoms with E-state index in [2.05, 4.69) is 15.4 Å². The monoisotopic (exact) mass is 261 g/mol. The maximum absolute atomic E-state index is 12.3. The van der Waals surface area contributed by atoms with Gasteiger partial charge >= 0.3 is 0 Å². The molecule has 0 saturated carbocycles. The van der Waals surface area contributed by atoms with E-state index in [1.54, 1.807) is 13.0 Å². The molecule has 1 rings (SSSR count). The quantitative estimate of drug-likeness (QED) is 0.478. The van der Waals surface area contributed by atoms with Crippen LogP contribution in [0.15, 0.2) is 6.07 Å². The van der Waals surface area contributed by atoms with Gasteiger partial charge in [-0.25, -0.2) is 24.6 Å². The van der Waals surface area contributed by atoms with Gasteiger partial charge in [0.2, 0.25) is 0 Å². The number of hydrazine groups is 1. The Labute approximate surface area is 104 Å². The first-order valence-electron chi connectivity index (χ1n) is 5.47. The Morgan fingerprint density at radius 2 is 2.22 bits per heavy atom. The van der Waals surface area contributed by atoms with Gasteiger partial charge in [0.05, 0.1) is 19.7 Å². The summed E-state index contributed by atoms with van der Waals surface area (Å²) in [6.07, 6.45) is -2.46. The molecule has 0 atom stereocenters. The minimum Gasteiger partial charge on any atom is -0.395 e. The highest BCUT2D eigenvalue weighted by molar-refractivity contribution is 5.33. The first kappa shape index (κ1) is 14.7. The van der Waals surface area contributed by atoms with Gasteiger partial charge in [-0.15, -0.1) is 0 Å². The van der Waals surface area contributed by atoms with E-state index in [0.29, 0.717) is 17.3 Å². The predicted octanol–water partition coefficient (Wildman–Crippen LogP) is 0.130. The van der Waals surface area contributed by atoms with E-state index in [-0.39, 0.29) is 19.7 Å². The molecule has 0 amide bonds. The van der Waals surface area contributed by atoms with E-state index in [4.69, 9.17) is 10.9 Å². The first-order chi connectivity index (χ1) is 8.55. The molecule has 0 spiro atoms. The Morgan fingerprint density at radius 3 is 2.78 bits per heavy atom. The fraction of sp³-hybridized carbons (Fsp3) is 0.600. The van der Waals surface area contributed by atoms with Crippen LogP contribution >= 0.6 is 0 Å². The van der Waals surface area contributed by atoms with Gasteiger partial charge < -0.3 is 10.5 Å². The van der Waals surface area contributed by atoms with Crippen molar-refractivity contribution in [2.24, 2.45) is 5.84 Å². The van der Waals surface area contributed by atoms with Crippen LogP contribution in [0.2, 0.25) is 0 Å². The zero-order valence-corrected chi connectivity index (χ0v) is 10.1. The van der Waals surface area contributed by atoms with Gasteiger partial charge in [-0.3, -0.25) is 4.90 Å². The third-order valence-corrected chi connectivity index (χ3v) is 2.23. The molecule has 6 nitrogen and oxygen atoms in total. The minimum absolute atomic E-state index is 0.140. The second-order valence-corrected chi connectivity index (χ2v) is 3.80. The van der Waals surface area contributed by atoms with E-state index in [1.807, 2.05) is 0 Å². The van der Waals surface area contributed by atoms with E-state index >= 15 is 0 Å². The maximum Gasteiger partial charge on any atom is 0.251 e. The van der Waals surface area contributed by atoms with E-state index < -0.39 is 13.0 Å². The Hall–Kier alpha value is -1.38.